The van der Waals surface area contributed by atoms with Crippen molar-refractivity contribution in [3.63, 3.8) is 0 Å². The molecule has 0 radical (unpaired) electrons. The molecule has 0 aromatic carbocycles. The molecule has 0 bridgehead atoms. The minimum atomic E-state index is -0.0978. The molecule has 25 heavy (non-hydrogen) atoms. The van der Waals surface area contributed by atoms with E-state index in [9.17, 15) is 4.79 Å². The number of nitrogens with zero attached hydrogens (tertiary/aromatic N) is 7. The fourth-order valence-corrected chi connectivity index (χ4v) is 3.93. The van der Waals surface area contributed by atoms with Gasteiger partial charge in [-0.15, -0.1) is 21.5 Å². The maximum atomic E-state index is 12.0. The molecule has 0 amide bonds. The summed E-state index contributed by atoms with van der Waals surface area (Å²) in [7, 11) is 0. The molecule has 128 valence electrons. The summed E-state index contributed by atoms with van der Waals surface area (Å²) in [5.74, 6) is 7.02. The predicted octanol–water partition coefficient (Wildman–Crippen LogP) is 1.16. The second-order valence-electron chi connectivity index (χ2n) is 5.42. The molecule has 0 saturated carbocycles. The normalized spacial score (nSPS) is 11.4. The smallest absolute Gasteiger partial charge is 0.271 e. The first kappa shape index (κ1) is 15.8. The maximum absolute atomic E-state index is 12.0. The Kier molecular flexibility index (Phi) is 3.81. The molecule has 11 heteroatoms. The molecule has 0 spiro atoms. The van der Waals surface area contributed by atoms with Gasteiger partial charge >= 0.3 is 0 Å². The van der Waals surface area contributed by atoms with Gasteiger partial charge < -0.3 is 5.84 Å². The molecule has 4 heterocycles. The third-order valence-electron chi connectivity index (χ3n) is 3.55. The van der Waals surface area contributed by atoms with Crippen molar-refractivity contribution < 1.29 is 0 Å². The molecule has 0 aliphatic carbocycles. The molecule has 0 aliphatic rings. The van der Waals surface area contributed by atoms with Gasteiger partial charge in [0.2, 0.25) is 5.16 Å². The summed E-state index contributed by atoms with van der Waals surface area (Å²) >= 11 is 2.78. The first-order valence-electron chi connectivity index (χ1n) is 7.35. The topological polar surface area (TPSA) is 109 Å². The van der Waals surface area contributed by atoms with Crippen molar-refractivity contribution in [2.75, 3.05) is 5.84 Å². The Hall–Kier alpha value is -2.66. The number of nitrogen functional groups attached to an aromatic ring is 1. The number of rotatable bonds is 4. The van der Waals surface area contributed by atoms with Gasteiger partial charge in [0, 0.05) is 29.1 Å². The Morgan fingerprint density at radius 2 is 2.12 bits per heavy atom. The molecule has 0 unspecified atom stereocenters. The van der Waals surface area contributed by atoms with E-state index in [1.54, 1.807) is 10.9 Å². The van der Waals surface area contributed by atoms with E-state index in [1.807, 2.05) is 25.3 Å². The van der Waals surface area contributed by atoms with E-state index < -0.39 is 0 Å². The largest absolute Gasteiger partial charge is 0.334 e. The van der Waals surface area contributed by atoms with Gasteiger partial charge in [-0.3, -0.25) is 9.20 Å². The van der Waals surface area contributed by atoms with Crippen LogP contribution in [0.4, 0.5) is 0 Å². The summed E-state index contributed by atoms with van der Waals surface area (Å²) in [5, 5.41) is 14.9. The number of thiazole rings is 1. The van der Waals surface area contributed by atoms with Crippen molar-refractivity contribution in [3.05, 3.63) is 51.1 Å². The summed E-state index contributed by atoms with van der Waals surface area (Å²) in [6.45, 7) is 3.83. The molecule has 0 aliphatic heterocycles. The zero-order valence-corrected chi connectivity index (χ0v) is 15.1. The molecule has 4 aromatic heterocycles. The highest BCUT2D eigenvalue weighted by atomic mass is 32.2. The summed E-state index contributed by atoms with van der Waals surface area (Å²) in [6, 6.07) is 3.46. The lowest BCUT2D eigenvalue weighted by Crippen LogP contribution is -2.17. The third kappa shape index (κ3) is 2.81. The second kappa shape index (κ2) is 6.01. The summed E-state index contributed by atoms with van der Waals surface area (Å²) < 4.78 is 4.56. The predicted molar refractivity (Wildman–Crippen MR) is 95.7 cm³/mol. The van der Waals surface area contributed by atoms with Gasteiger partial charge in [-0.1, -0.05) is 11.8 Å². The van der Waals surface area contributed by atoms with Crippen molar-refractivity contribution in [2.45, 2.75) is 24.8 Å². The zero-order valence-electron chi connectivity index (χ0n) is 13.4. The van der Waals surface area contributed by atoms with Crippen LogP contribution in [0.3, 0.4) is 0 Å². The number of hydrogen-bond donors (Lipinski definition) is 1. The van der Waals surface area contributed by atoms with Crippen molar-refractivity contribution >= 4 is 28.1 Å². The Morgan fingerprint density at radius 3 is 2.88 bits per heavy atom. The van der Waals surface area contributed by atoms with Gasteiger partial charge in [0.15, 0.2) is 4.96 Å². The van der Waals surface area contributed by atoms with E-state index in [2.05, 4.69) is 20.3 Å². The molecular formula is C14H14N8OS2. The van der Waals surface area contributed by atoms with Crippen LogP contribution in [0.5, 0.6) is 0 Å². The van der Waals surface area contributed by atoms with Crippen molar-refractivity contribution in [1.82, 2.24) is 34.0 Å². The highest BCUT2D eigenvalue weighted by molar-refractivity contribution is 7.98. The molecule has 4 rings (SSSR count). The van der Waals surface area contributed by atoms with E-state index in [1.165, 1.54) is 38.2 Å². The molecule has 0 saturated heterocycles. The van der Waals surface area contributed by atoms with E-state index in [0.29, 0.717) is 27.5 Å². The van der Waals surface area contributed by atoms with Crippen LogP contribution in [0.2, 0.25) is 0 Å². The third-order valence-corrected chi connectivity index (χ3v) is 5.28. The standard InChI is InChI=1S/C14H14N8OS2/c1-8-5-9(2)22(19-8)12-17-18-14(21(12)15)25-7-10-6-11(23)20-3-4-24-13(20)16-10/h3-6H,7,15H2,1-2H3. The Balaban J connectivity index is 1.59. The number of fused-ring (bicyclic) bond motifs is 1. The lowest BCUT2D eigenvalue weighted by Gasteiger charge is -2.04. The summed E-state index contributed by atoms with van der Waals surface area (Å²) in [4.78, 5) is 17.2. The van der Waals surface area contributed by atoms with Gasteiger partial charge in [-0.2, -0.15) is 5.10 Å². The van der Waals surface area contributed by atoms with Gasteiger partial charge in [-0.05, 0) is 19.9 Å². The molecule has 0 atom stereocenters. The fourth-order valence-electron chi connectivity index (χ4n) is 2.44. The number of aryl methyl sites for hydroxylation is 2. The monoisotopic (exact) mass is 374 g/mol. The van der Waals surface area contributed by atoms with E-state index in [0.717, 1.165) is 11.4 Å². The van der Waals surface area contributed by atoms with Crippen LogP contribution in [0, 0.1) is 13.8 Å². The maximum Gasteiger partial charge on any atom is 0.271 e. The average Bonchev–Trinajstić information content (AvgIpc) is 3.25. The lowest BCUT2D eigenvalue weighted by molar-refractivity contribution is 0.727. The minimum absolute atomic E-state index is 0.0978. The Labute approximate surface area is 150 Å². The van der Waals surface area contributed by atoms with E-state index >= 15 is 0 Å². The summed E-state index contributed by atoms with van der Waals surface area (Å²) in [5.41, 5.74) is 2.38. The Morgan fingerprint density at radius 1 is 1.28 bits per heavy atom. The number of nitrogens with two attached hydrogens (primary N) is 1. The van der Waals surface area contributed by atoms with Crippen LogP contribution in [0.15, 0.2) is 33.7 Å². The van der Waals surface area contributed by atoms with Crippen LogP contribution in [0.25, 0.3) is 10.9 Å². The second-order valence-corrected chi connectivity index (χ2v) is 7.24. The van der Waals surface area contributed by atoms with E-state index in [-0.39, 0.29) is 5.56 Å². The molecule has 9 nitrogen and oxygen atoms in total. The Bertz CT molecular complexity index is 1120. The van der Waals surface area contributed by atoms with Crippen LogP contribution in [-0.2, 0) is 5.75 Å². The quantitative estimate of drug-likeness (QED) is 0.422. The summed E-state index contributed by atoms with van der Waals surface area (Å²) in [6.07, 6.45) is 1.71. The fraction of sp³-hybridized carbons (Fsp3) is 0.214. The first-order chi connectivity index (χ1) is 12.0. The molecule has 0 fully saturated rings. The van der Waals surface area contributed by atoms with Crippen molar-refractivity contribution in [2.24, 2.45) is 0 Å². The lowest BCUT2D eigenvalue weighted by atomic mass is 10.4. The van der Waals surface area contributed by atoms with Crippen LogP contribution < -0.4 is 11.4 Å². The van der Waals surface area contributed by atoms with Crippen LogP contribution in [0.1, 0.15) is 17.1 Å². The molecule has 4 aromatic rings. The number of thioether (sulfide) groups is 1. The van der Waals surface area contributed by atoms with Crippen LogP contribution in [-0.4, -0.2) is 34.0 Å². The van der Waals surface area contributed by atoms with Crippen molar-refractivity contribution in [1.29, 1.82) is 0 Å². The highest BCUT2D eigenvalue weighted by Crippen LogP contribution is 2.21. The van der Waals surface area contributed by atoms with Gasteiger partial charge in [0.25, 0.3) is 11.5 Å². The van der Waals surface area contributed by atoms with E-state index in [4.69, 9.17) is 5.84 Å². The molecular weight excluding hydrogens is 360 g/mol. The minimum Gasteiger partial charge on any atom is -0.334 e. The van der Waals surface area contributed by atoms with Crippen molar-refractivity contribution in [3.8, 4) is 5.95 Å². The van der Waals surface area contributed by atoms with Gasteiger partial charge in [0.1, 0.15) is 0 Å². The van der Waals surface area contributed by atoms with Gasteiger partial charge in [-0.25, -0.2) is 14.3 Å². The first-order valence-corrected chi connectivity index (χ1v) is 9.22. The molecule has 2 N–H and O–H groups in total. The number of hydrogen-bond acceptors (Lipinski definition) is 8. The van der Waals surface area contributed by atoms with Crippen LogP contribution >= 0.6 is 23.1 Å². The van der Waals surface area contributed by atoms with Gasteiger partial charge in [0.05, 0.1) is 11.4 Å². The average molecular weight is 374 g/mol. The number of aromatic nitrogens is 7. The highest BCUT2D eigenvalue weighted by Gasteiger charge is 2.15. The SMILES string of the molecule is Cc1cc(C)n(-c2nnc(SCc3cc(=O)n4ccsc4n3)n2N)n1. The zero-order chi connectivity index (χ0) is 17.6.